The first-order valence-corrected chi connectivity index (χ1v) is 8.26. The van der Waals surface area contributed by atoms with E-state index in [1.54, 1.807) is 0 Å². The minimum atomic E-state index is 0.239. The molecule has 1 N–H and O–H groups in total. The van der Waals surface area contributed by atoms with E-state index in [9.17, 15) is 4.79 Å². The summed E-state index contributed by atoms with van der Waals surface area (Å²) in [5, 5.41) is 3.59. The Hall–Kier alpha value is -1.35. The molecule has 1 aromatic rings. The average molecular weight is 288 g/mol. The summed E-state index contributed by atoms with van der Waals surface area (Å²) in [4.78, 5) is 14.4. The lowest BCUT2D eigenvalue weighted by Gasteiger charge is -2.28. The Bertz CT molecular complexity index is 432. The van der Waals surface area contributed by atoms with Crippen molar-refractivity contribution in [2.24, 2.45) is 5.92 Å². The molecular weight excluding hydrogens is 260 g/mol. The van der Waals surface area contributed by atoms with E-state index in [0.717, 1.165) is 38.9 Å². The number of benzene rings is 1. The van der Waals surface area contributed by atoms with Crippen LogP contribution in [0.15, 0.2) is 30.3 Å². The van der Waals surface area contributed by atoms with Gasteiger partial charge in [0.2, 0.25) is 5.91 Å². The van der Waals surface area contributed by atoms with E-state index in [1.807, 2.05) is 6.07 Å². The molecule has 2 rings (SSSR count). The summed E-state index contributed by atoms with van der Waals surface area (Å²) in [5.74, 6) is 0.983. The van der Waals surface area contributed by atoms with Gasteiger partial charge in [-0.2, -0.15) is 0 Å². The van der Waals surface area contributed by atoms with Crippen LogP contribution in [0.25, 0.3) is 0 Å². The molecule has 0 spiro atoms. The van der Waals surface area contributed by atoms with E-state index < -0.39 is 0 Å². The van der Waals surface area contributed by atoms with Crippen LogP contribution >= 0.6 is 0 Å². The van der Waals surface area contributed by atoms with E-state index in [1.165, 1.54) is 5.56 Å². The van der Waals surface area contributed by atoms with Crippen LogP contribution in [0, 0.1) is 5.92 Å². The summed E-state index contributed by atoms with van der Waals surface area (Å²) in [6.07, 6.45) is 3.97. The molecule has 0 aromatic heterocycles. The Morgan fingerprint density at radius 3 is 2.76 bits per heavy atom. The monoisotopic (exact) mass is 288 g/mol. The van der Waals surface area contributed by atoms with Gasteiger partial charge in [-0.05, 0) is 37.3 Å². The molecule has 1 aromatic carbocycles. The lowest BCUT2D eigenvalue weighted by molar-refractivity contribution is -0.131. The van der Waals surface area contributed by atoms with E-state index >= 15 is 0 Å². The largest absolute Gasteiger partial charge is 0.341 e. The first-order chi connectivity index (χ1) is 10.2. The van der Waals surface area contributed by atoms with Crippen molar-refractivity contribution in [1.82, 2.24) is 10.2 Å². The van der Waals surface area contributed by atoms with Crippen LogP contribution in [0.3, 0.4) is 0 Å². The molecule has 0 radical (unpaired) electrons. The van der Waals surface area contributed by atoms with Crippen LogP contribution < -0.4 is 5.32 Å². The summed E-state index contributed by atoms with van der Waals surface area (Å²) < 4.78 is 0. The van der Waals surface area contributed by atoms with Crippen LogP contribution in [-0.4, -0.2) is 30.4 Å². The molecule has 0 bridgehead atoms. The summed E-state index contributed by atoms with van der Waals surface area (Å²) in [6, 6.07) is 10.7. The van der Waals surface area contributed by atoms with Gasteiger partial charge in [-0.3, -0.25) is 4.79 Å². The highest BCUT2D eigenvalue weighted by atomic mass is 16.2. The minimum Gasteiger partial charge on any atom is -0.341 e. The van der Waals surface area contributed by atoms with Gasteiger partial charge in [-0.1, -0.05) is 44.2 Å². The number of nitrogens with one attached hydrogen (secondary N) is 1. The minimum absolute atomic E-state index is 0.239. The maximum atomic E-state index is 12.3. The predicted molar refractivity (Wildman–Crippen MR) is 87.1 cm³/mol. The van der Waals surface area contributed by atoms with Crippen molar-refractivity contribution >= 4 is 5.91 Å². The van der Waals surface area contributed by atoms with Gasteiger partial charge < -0.3 is 10.2 Å². The van der Waals surface area contributed by atoms with Crippen molar-refractivity contribution < 1.29 is 4.79 Å². The number of hydrogen-bond donors (Lipinski definition) is 1. The fraction of sp³-hybridized carbons (Fsp3) is 0.611. The molecule has 116 valence electrons. The maximum Gasteiger partial charge on any atom is 0.222 e. The van der Waals surface area contributed by atoms with Crippen molar-refractivity contribution in [3.05, 3.63) is 35.9 Å². The van der Waals surface area contributed by atoms with Gasteiger partial charge >= 0.3 is 0 Å². The standard InChI is InChI=1S/C18H28N2O/c1-3-12-19-17(16-7-5-4-6-8-16)14-20-13-11-15(2)9-10-18(20)21/h4-8,15,17,19H,3,9-14H2,1-2H3. The first-order valence-electron chi connectivity index (χ1n) is 8.26. The topological polar surface area (TPSA) is 32.3 Å². The molecule has 1 amide bonds. The number of carbonyl (C=O) groups is 1. The van der Waals surface area contributed by atoms with Gasteiger partial charge in [0.25, 0.3) is 0 Å². The molecule has 0 saturated carbocycles. The lowest BCUT2D eigenvalue weighted by Crippen LogP contribution is -2.39. The van der Waals surface area contributed by atoms with Crippen LogP contribution in [-0.2, 0) is 4.79 Å². The normalized spacial score (nSPS) is 21.1. The number of rotatable bonds is 6. The molecule has 1 saturated heterocycles. The highest BCUT2D eigenvalue weighted by molar-refractivity contribution is 5.76. The Morgan fingerprint density at radius 2 is 2.05 bits per heavy atom. The zero-order chi connectivity index (χ0) is 15.1. The number of hydrogen-bond acceptors (Lipinski definition) is 2. The molecule has 1 fully saturated rings. The average Bonchev–Trinajstić information content (AvgIpc) is 2.67. The third-order valence-corrected chi connectivity index (χ3v) is 4.34. The van der Waals surface area contributed by atoms with Gasteiger partial charge in [0.1, 0.15) is 0 Å². The van der Waals surface area contributed by atoms with Crippen molar-refractivity contribution in [3.8, 4) is 0 Å². The fourth-order valence-corrected chi connectivity index (χ4v) is 2.88. The quantitative estimate of drug-likeness (QED) is 0.870. The fourth-order valence-electron chi connectivity index (χ4n) is 2.88. The zero-order valence-electron chi connectivity index (χ0n) is 13.3. The molecule has 1 heterocycles. The second-order valence-corrected chi connectivity index (χ2v) is 6.19. The van der Waals surface area contributed by atoms with Crippen LogP contribution in [0.4, 0.5) is 0 Å². The second kappa shape index (κ2) is 8.18. The second-order valence-electron chi connectivity index (χ2n) is 6.19. The molecule has 2 atom stereocenters. The van der Waals surface area contributed by atoms with E-state index in [0.29, 0.717) is 18.2 Å². The smallest absolute Gasteiger partial charge is 0.222 e. The number of likely N-dealkylation sites (tertiary alicyclic amines) is 1. The van der Waals surface area contributed by atoms with Gasteiger partial charge in [-0.15, -0.1) is 0 Å². The SMILES string of the molecule is CCCNC(CN1CCC(C)CCC1=O)c1ccccc1. The number of amides is 1. The maximum absolute atomic E-state index is 12.3. The third-order valence-electron chi connectivity index (χ3n) is 4.34. The molecule has 1 aliphatic heterocycles. The lowest BCUT2D eigenvalue weighted by atomic mass is 10.0. The Morgan fingerprint density at radius 1 is 1.29 bits per heavy atom. The Labute approximate surface area is 128 Å². The molecule has 1 aliphatic rings. The molecule has 2 unspecified atom stereocenters. The summed E-state index contributed by atoms with van der Waals surface area (Å²) in [7, 11) is 0. The molecule has 3 nitrogen and oxygen atoms in total. The van der Waals surface area contributed by atoms with Crippen LogP contribution in [0.2, 0.25) is 0 Å². The van der Waals surface area contributed by atoms with E-state index in [-0.39, 0.29) is 6.04 Å². The van der Waals surface area contributed by atoms with Gasteiger partial charge in [0.15, 0.2) is 0 Å². The Kier molecular flexibility index (Phi) is 6.24. The summed E-state index contributed by atoms with van der Waals surface area (Å²) in [6.45, 7) is 7.10. The van der Waals surface area contributed by atoms with Crippen molar-refractivity contribution in [2.75, 3.05) is 19.6 Å². The first kappa shape index (κ1) is 16.0. The molecule has 21 heavy (non-hydrogen) atoms. The van der Waals surface area contributed by atoms with Crippen molar-refractivity contribution in [2.45, 2.75) is 45.6 Å². The number of carbonyl (C=O) groups excluding carboxylic acids is 1. The third kappa shape index (κ3) is 4.85. The van der Waals surface area contributed by atoms with Gasteiger partial charge in [-0.25, -0.2) is 0 Å². The van der Waals surface area contributed by atoms with Crippen LogP contribution in [0.5, 0.6) is 0 Å². The predicted octanol–water partition coefficient (Wildman–Crippen LogP) is 3.38. The van der Waals surface area contributed by atoms with Gasteiger partial charge in [0, 0.05) is 25.6 Å². The number of nitrogens with zero attached hydrogens (tertiary/aromatic N) is 1. The summed E-state index contributed by atoms with van der Waals surface area (Å²) in [5.41, 5.74) is 1.27. The molecule has 3 heteroatoms. The van der Waals surface area contributed by atoms with E-state index in [2.05, 4.69) is 48.3 Å². The highest BCUT2D eigenvalue weighted by Crippen LogP contribution is 2.21. The molecule has 0 aliphatic carbocycles. The van der Waals surface area contributed by atoms with Crippen LogP contribution in [0.1, 0.15) is 51.1 Å². The highest BCUT2D eigenvalue weighted by Gasteiger charge is 2.23. The van der Waals surface area contributed by atoms with Gasteiger partial charge in [0.05, 0.1) is 0 Å². The van der Waals surface area contributed by atoms with E-state index in [4.69, 9.17) is 0 Å². The van der Waals surface area contributed by atoms with Crippen molar-refractivity contribution in [3.63, 3.8) is 0 Å². The van der Waals surface area contributed by atoms with Crippen molar-refractivity contribution in [1.29, 1.82) is 0 Å². The molecular formula is C18H28N2O. The Balaban J connectivity index is 2.05. The summed E-state index contributed by atoms with van der Waals surface area (Å²) >= 11 is 0. The zero-order valence-corrected chi connectivity index (χ0v) is 13.3.